The Labute approximate surface area is 123 Å². The summed E-state index contributed by atoms with van der Waals surface area (Å²) in [6.45, 7) is 5.71. The number of aryl methyl sites for hydroxylation is 1. The van der Waals surface area contributed by atoms with Crippen molar-refractivity contribution in [1.82, 2.24) is 5.32 Å². The van der Waals surface area contributed by atoms with E-state index in [9.17, 15) is 0 Å². The van der Waals surface area contributed by atoms with E-state index in [-0.39, 0.29) is 0 Å². The molecule has 112 valence electrons. The number of benzene rings is 1. The van der Waals surface area contributed by atoms with Gasteiger partial charge in [-0.1, -0.05) is 43.2 Å². The van der Waals surface area contributed by atoms with Crippen molar-refractivity contribution in [2.75, 3.05) is 13.2 Å². The van der Waals surface area contributed by atoms with Crippen LogP contribution in [0.4, 0.5) is 0 Å². The molecule has 2 rings (SSSR count). The van der Waals surface area contributed by atoms with Gasteiger partial charge in [-0.3, -0.25) is 0 Å². The van der Waals surface area contributed by atoms with Crippen molar-refractivity contribution < 1.29 is 5.11 Å². The standard InChI is InChI=1S/C18H29NO/c1-3-4-15(11-12-20)13-19-18(17-9-10-17)16-7-5-14(2)6-8-16/h5-8,15,17-20H,3-4,9-13H2,1-2H3. The largest absolute Gasteiger partial charge is 0.396 e. The van der Waals surface area contributed by atoms with Crippen LogP contribution in [0.25, 0.3) is 0 Å². The van der Waals surface area contributed by atoms with Crippen LogP contribution in [0.3, 0.4) is 0 Å². The third kappa shape index (κ3) is 4.60. The van der Waals surface area contributed by atoms with E-state index in [4.69, 9.17) is 5.11 Å². The summed E-state index contributed by atoms with van der Waals surface area (Å²) in [5, 5.41) is 12.9. The van der Waals surface area contributed by atoms with Gasteiger partial charge in [0.2, 0.25) is 0 Å². The van der Waals surface area contributed by atoms with Gasteiger partial charge < -0.3 is 10.4 Å². The van der Waals surface area contributed by atoms with Gasteiger partial charge in [0.15, 0.2) is 0 Å². The van der Waals surface area contributed by atoms with Gasteiger partial charge in [0.1, 0.15) is 0 Å². The predicted molar refractivity (Wildman–Crippen MR) is 84.7 cm³/mol. The van der Waals surface area contributed by atoms with Crippen molar-refractivity contribution in [2.24, 2.45) is 11.8 Å². The maximum Gasteiger partial charge on any atom is 0.0434 e. The van der Waals surface area contributed by atoms with Gasteiger partial charge in [-0.05, 0) is 56.6 Å². The topological polar surface area (TPSA) is 32.3 Å². The van der Waals surface area contributed by atoms with Gasteiger partial charge in [-0.25, -0.2) is 0 Å². The summed E-state index contributed by atoms with van der Waals surface area (Å²) in [7, 11) is 0. The number of hydrogen-bond acceptors (Lipinski definition) is 2. The van der Waals surface area contributed by atoms with Gasteiger partial charge in [-0.2, -0.15) is 0 Å². The second-order valence-corrected chi connectivity index (χ2v) is 6.30. The molecule has 0 heterocycles. The molecule has 2 unspecified atom stereocenters. The molecule has 1 aromatic rings. The predicted octanol–water partition coefficient (Wildman–Crippen LogP) is 3.83. The van der Waals surface area contributed by atoms with Crippen LogP contribution in [0.15, 0.2) is 24.3 Å². The maximum atomic E-state index is 9.17. The number of aliphatic hydroxyl groups is 1. The Kier molecular flexibility index (Phi) is 6.06. The molecule has 0 aliphatic heterocycles. The zero-order valence-electron chi connectivity index (χ0n) is 12.9. The smallest absolute Gasteiger partial charge is 0.0434 e. The molecule has 0 spiro atoms. The van der Waals surface area contributed by atoms with E-state index in [2.05, 4.69) is 43.4 Å². The molecule has 20 heavy (non-hydrogen) atoms. The second kappa shape index (κ2) is 7.80. The molecule has 0 bridgehead atoms. The summed E-state index contributed by atoms with van der Waals surface area (Å²) in [6, 6.07) is 9.47. The lowest BCUT2D eigenvalue weighted by molar-refractivity contribution is 0.243. The van der Waals surface area contributed by atoms with Crippen molar-refractivity contribution in [1.29, 1.82) is 0 Å². The first-order valence-corrected chi connectivity index (χ1v) is 8.15. The van der Waals surface area contributed by atoms with Crippen LogP contribution in [0.2, 0.25) is 0 Å². The zero-order chi connectivity index (χ0) is 14.4. The number of rotatable bonds is 9. The molecular weight excluding hydrogens is 246 g/mol. The van der Waals surface area contributed by atoms with Crippen LogP contribution in [0, 0.1) is 18.8 Å². The van der Waals surface area contributed by atoms with E-state index in [1.54, 1.807) is 0 Å². The fourth-order valence-electron chi connectivity index (χ4n) is 2.99. The van der Waals surface area contributed by atoms with E-state index in [1.165, 1.54) is 36.8 Å². The maximum absolute atomic E-state index is 9.17. The molecule has 1 aliphatic rings. The number of nitrogens with one attached hydrogen (secondary N) is 1. The van der Waals surface area contributed by atoms with E-state index in [0.717, 1.165) is 18.9 Å². The molecule has 1 aliphatic carbocycles. The Bertz CT molecular complexity index is 377. The molecule has 1 fully saturated rings. The number of aliphatic hydroxyl groups excluding tert-OH is 1. The van der Waals surface area contributed by atoms with Crippen LogP contribution < -0.4 is 5.32 Å². The highest BCUT2D eigenvalue weighted by Crippen LogP contribution is 2.41. The minimum atomic E-state index is 0.310. The molecule has 0 saturated heterocycles. The van der Waals surface area contributed by atoms with Crippen molar-refractivity contribution in [3.8, 4) is 0 Å². The Morgan fingerprint density at radius 3 is 2.45 bits per heavy atom. The first-order valence-electron chi connectivity index (χ1n) is 8.15. The molecule has 0 amide bonds. The van der Waals surface area contributed by atoms with Gasteiger partial charge in [0.25, 0.3) is 0 Å². The number of hydrogen-bond donors (Lipinski definition) is 2. The highest BCUT2D eigenvalue weighted by Gasteiger charge is 2.32. The first kappa shape index (κ1) is 15.5. The highest BCUT2D eigenvalue weighted by atomic mass is 16.3. The van der Waals surface area contributed by atoms with Crippen LogP contribution in [-0.4, -0.2) is 18.3 Å². The quantitative estimate of drug-likeness (QED) is 0.718. The summed E-state index contributed by atoms with van der Waals surface area (Å²) in [5.41, 5.74) is 2.75. The van der Waals surface area contributed by atoms with Gasteiger partial charge in [-0.15, -0.1) is 0 Å². The van der Waals surface area contributed by atoms with E-state index < -0.39 is 0 Å². The highest BCUT2D eigenvalue weighted by molar-refractivity contribution is 5.25. The lowest BCUT2D eigenvalue weighted by atomic mass is 9.97. The molecule has 2 heteroatoms. The van der Waals surface area contributed by atoms with Crippen LogP contribution in [-0.2, 0) is 0 Å². The van der Waals surface area contributed by atoms with Crippen LogP contribution in [0.1, 0.15) is 56.2 Å². The Morgan fingerprint density at radius 2 is 1.90 bits per heavy atom. The van der Waals surface area contributed by atoms with E-state index in [0.29, 0.717) is 18.6 Å². The van der Waals surface area contributed by atoms with Crippen molar-refractivity contribution in [3.05, 3.63) is 35.4 Å². The molecule has 1 aromatic carbocycles. The summed E-state index contributed by atoms with van der Waals surface area (Å²) in [4.78, 5) is 0. The minimum absolute atomic E-state index is 0.310. The Hall–Kier alpha value is -0.860. The summed E-state index contributed by atoms with van der Waals surface area (Å²) >= 11 is 0. The average molecular weight is 275 g/mol. The molecule has 0 aromatic heterocycles. The first-order chi connectivity index (χ1) is 9.74. The van der Waals surface area contributed by atoms with Crippen LogP contribution in [0.5, 0.6) is 0 Å². The lowest BCUT2D eigenvalue weighted by Crippen LogP contribution is -2.29. The summed E-state index contributed by atoms with van der Waals surface area (Å²) in [5.74, 6) is 1.42. The van der Waals surface area contributed by atoms with E-state index in [1.807, 2.05) is 0 Å². The third-order valence-electron chi connectivity index (χ3n) is 4.39. The SMILES string of the molecule is CCCC(CCO)CNC(c1ccc(C)cc1)C1CC1. The monoisotopic (exact) mass is 275 g/mol. The van der Waals surface area contributed by atoms with E-state index >= 15 is 0 Å². The molecule has 0 radical (unpaired) electrons. The van der Waals surface area contributed by atoms with Crippen molar-refractivity contribution in [2.45, 2.75) is 52.0 Å². The van der Waals surface area contributed by atoms with Gasteiger partial charge in [0.05, 0.1) is 0 Å². The zero-order valence-corrected chi connectivity index (χ0v) is 12.9. The molecule has 2 atom stereocenters. The third-order valence-corrected chi connectivity index (χ3v) is 4.39. The fourth-order valence-corrected chi connectivity index (χ4v) is 2.99. The lowest BCUT2D eigenvalue weighted by Gasteiger charge is -2.23. The van der Waals surface area contributed by atoms with Gasteiger partial charge >= 0.3 is 0 Å². The minimum Gasteiger partial charge on any atom is -0.396 e. The van der Waals surface area contributed by atoms with Crippen LogP contribution >= 0.6 is 0 Å². The fraction of sp³-hybridized carbons (Fsp3) is 0.667. The molecule has 2 N–H and O–H groups in total. The molecule has 2 nitrogen and oxygen atoms in total. The Morgan fingerprint density at radius 1 is 1.20 bits per heavy atom. The molecule has 1 saturated carbocycles. The Balaban J connectivity index is 1.93. The van der Waals surface area contributed by atoms with Gasteiger partial charge in [0, 0.05) is 12.6 Å². The van der Waals surface area contributed by atoms with Crippen molar-refractivity contribution >= 4 is 0 Å². The normalized spacial score (nSPS) is 17.9. The molecular formula is C18H29NO. The van der Waals surface area contributed by atoms with Crippen molar-refractivity contribution in [3.63, 3.8) is 0 Å². The average Bonchev–Trinajstić information content (AvgIpc) is 3.26. The second-order valence-electron chi connectivity index (χ2n) is 6.30. The summed E-state index contributed by atoms with van der Waals surface area (Å²) < 4.78 is 0. The summed E-state index contributed by atoms with van der Waals surface area (Å²) in [6.07, 6.45) is 6.03.